The topological polar surface area (TPSA) is 92.9 Å². The summed E-state index contributed by atoms with van der Waals surface area (Å²) in [6, 6.07) is 16.3. The summed E-state index contributed by atoms with van der Waals surface area (Å²) in [5.74, 6) is 0.628. The Labute approximate surface area is 189 Å². The molecule has 2 aromatic heterocycles. The predicted octanol–water partition coefficient (Wildman–Crippen LogP) is 4.78. The molecule has 0 unspecified atom stereocenters. The number of halogens is 1. The lowest BCUT2D eigenvalue weighted by Gasteiger charge is -2.24. The van der Waals surface area contributed by atoms with Crippen molar-refractivity contribution in [1.29, 1.82) is 0 Å². The van der Waals surface area contributed by atoms with Crippen molar-refractivity contribution in [2.45, 2.75) is 26.2 Å². The van der Waals surface area contributed by atoms with E-state index < -0.39 is 0 Å². The third-order valence-electron chi connectivity index (χ3n) is 5.47. The molecule has 7 nitrogen and oxygen atoms in total. The van der Waals surface area contributed by atoms with E-state index >= 15 is 0 Å². The number of nitrogens with zero attached hydrogens (tertiary/aromatic N) is 4. The van der Waals surface area contributed by atoms with E-state index in [0.717, 1.165) is 28.1 Å². The summed E-state index contributed by atoms with van der Waals surface area (Å²) >= 11 is 6.11. The Morgan fingerprint density at radius 1 is 1.06 bits per heavy atom. The molecule has 1 aliphatic heterocycles. The van der Waals surface area contributed by atoms with Crippen molar-refractivity contribution in [2.75, 3.05) is 5.32 Å². The maximum absolute atomic E-state index is 12.7. The van der Waals surface area contributed by atoms with Gasteiger partial charge in [-0.05, 0) is 49.7 Å². The molecule has 1 atom stereocenters. The van der Waals surface area contributed by atoms with Gasteiger partial charge < -0.3 is 10.4 Å². The number of hydrogen-bond acceptors (Lipinski definition) is 5. The van der Waals surface area contributed by atoms with Gasteiger partial charge in [-0.25, -0.2) is 9.97 Å². The molecule has 0 saturated heterocycles. The van der Waals surface area contributed by atoms with Crippen molar-refractivity contribution in [3.8, 4) is 23.0 Å². The van der Waals surface area contributed by atoms with Crippen LogP contribution in [0, 0.1) is 13.8 Å². The molecule has 4 aromatic rings. The van der Waals surface area contributed by atoms with E-state index in [9.17, 15) is 9.90 Å². The molecule has 2 aromatic carbocycles. The Bertz CT molecular complexity index is 1330. The number of fused-ring (bicyclic) bond motifs is 1. The van der Waals surface area contributed by atoms with Crippen molar-refractivity contribution in [3.05, 3.63) is 82.1 Å². The standard InChI is InChI=1S/C24H20ClN5O2/c1-13-10-14(2)27-24(26-13)30-23-21(22(29-30)15-6-8-17(25)9-7-15)19(12-20(32)28-23)16-4-3-5-18(31)11-16/h3-11,19,31H,12H2,1-2H3,(H,28,32)/t19-/m0/s1. The zero-order valence-corrected chi connectivity index (χ0v) is 18.3. The summed E-state index contributed by atoms with van der Waals surface area (Å²) in [6.07, 6.45) is 0.233. The molecule has 5 rings (SSSR count). The van der Waals surface area contributed by atoms with Crippen LogP contribution in [0.2, 0.25) is 5.02 Å². The molecular formula is C24H20ClN5O2. The van der Waals surface area contributed by atoms with Crippen LogP contribution in [-0.4, -0.2) is 30.8 Å². The van der Waals surface area contributed by atoms with Crippen molar-refractivity contribution in [3.63, 3.8) is 0 Å². The summed E-state index contributed by atoms with van der Waals surface area (Å²) in [4.78, 5) is 21.8. The van der Waals surface area contributed by atoms with E-state index in [2.05, 4.69) is 15.3 Å². The number of nitrogens with one attached hydrogen (secondary N) is 1. The minimum atomic E-state index is -0.295. The van der Waals surface area contributed by atoms with Crippen molar-refractivity contribution in [2.24, 2.45) is 0 Å². The van der Waals surface area contributed by atoms with E-state index in [0.29, 0.717) is 22.5 Å². The number of amides is 1. The second-order valence-electron chi connectivity index (χ2n) is 7.88. The number of phenols is 1. The Morgan fingerprint density at radius 3 is 2.47 bits per heavy atom. The minimum absolute atomic E-state index is 0.140. The molecular weight excluding hydrogens is 426 g/mol. The highest BCUT2D eigenvalue weighted by Gasteiger charge is 2.35. The lowest BCUT2D eigenvalue weighted by Crippen LogP contribution is -2.25. The summed E-state index contributed by atoms with van der Waals surface area (Å²) in [7, 11) is 0. The summed E-state index contributed by atoms with van der Waals surface area (Å²) < 4.78 is 1.59. The SMILES string of the molecule is Cc1cc(C)nc(-n2nc(-c3ccc(Cl)cc3)c3c2NC(=O)C[C@H]3c2cccc(O)c2)n1. The van der Waals surface area contributed by atoms with Gasteiger partial charge in [-0.3, -0.25) is 4.79 Å². The summed E-state index contributed by atoms with van der Waals surface area (Å²) in [5, 5.41) is 18.5. The Hall–Kier alpha value is -3.71. The first-order valence-electron chi connectivity index (χ1n) is 10.2. The molecule has 0 radical (unpaired) electrons. The van der Waals surface area contributed by atoms with E-state index in [4.69, 9.17) is 16.7 Å². The molecule has 1 aliphatic rings. The number of aromatic hydroxyl groups is 1. The summed E-state index contributed by atoms with van der Waals surface area (Å²) in [6.45, 7) is 3.78. The number of carbonyl (C=O) groups is 1. The van der Waals surface area contributed by atoms with Gasteiger partial charge in [-0.15, -0.1) is 0 Å². The highest BCUT2D eigenvalue weighted by atomic mass is 35.5. The van der Waals surface area contributed by atoms with Crippen LogP contribution in [0.1, 0.15) is 34.9 Å². The van der Waals surface area contributed by atoms with Crippen LogP contribution in [0.4, 0.5) is 5.82 Å². The van der Waals surface area contributed by atoms with Crippen LogP contribution in [0.5, 0.6) is 5.75 Å². The number of benzene rings is 2. The van der Waals surface area contributed by atoms with Gasteiger partial charge in [0.1, 0.15) is 11.6 Å². The lowest BCUT2D eigenvalue weighted by molar-refractivity contribution is -0.116. The quantitative estimate of drug-likeness (QED) is 0.473. The number of rotatable bonds is 3. The molecule has 0 fully saturated rings. The van der Waals surface area contributed by atoms with E-state index in [1.54, 1.807) is 35.0 Å². The number of phenolic OH excluding ortho intramolecular Hbond substituents is 1. The van der Waals surface area contributed by atoms with E-state index in [1.165, 1.54) is 0 Å². The van der Waals surface area contributed by atoms with Gasteiger partial charge in [0.2, 0.25) is 5.91 Å². The third kappa shape index (κ3) is 3.61. The molecule has 8 heteroatoms. The number of hydrogen-bond donors (Lipinski definition) is 2. The minimum Gasteiger partial charge on any atom is -0.508 e. The average Bonchev–Trinajstić information content (AvgIpc) is 3.12. The molecule has 0 saturated carbocycles. The predicted molar refractivity (Wildman–Crippen MR) is 122 cm³/mol. The molecule has 0 bridgehead atoms. The van der Waals surface area contributed by atoms with Crippen molar-refractivity contribution in [1.82, 2.24) is 19.7 Å². The zero-order valence-electron chi connectivity index (χ0n) is 17.5. The number of aryl methyl sites for hydroxylation is 2. The fourth-order valence-corrected chi connectivity index (χ4v) is 4.27. The van der Waals surface area contributed by atoms with Gasteiger partial charge in [0.25, 0.3) is 5.95 Å². The van der Waals surface area contributed by atoms with Gasteiger partial charge in [0, 0.05) is 39.9 Å². The van der Waals surface area contributed by atoms with Crippen LogP contribution in [-0.2, 0) is 4.79 Å². The van der Waals surface area contributed by atoms with Crippen LogP contribution < -0.4 is 5.32 Å². The number of anilines is 1. The largest absolute Gasteiger partial charge is 0.508 e. The fourth-order valence-electron chi connectivity index (χ4n) is 4.14. The van der Waals surface area contributed by atoms with Gasteiger partial charge in [0.05, 0.1) is 5.69 Å². The number of carbonyl (C=O) groups excluding carboxylic acids is 1. The molecule has 3 heterocycles. The molecule has 0 aliphatic carbocycles. The van der Waals surface area contributed by atoms with Crippen LogP contribution >= 0.6 is 11.6 Å². The molecule has 32 heavy (non-hydrogen) atoms. The zero-order chi connectivity index (χ0) is 22.4. The van der Waals surface area contributed by atoms with E-state index in [-0.39, 0.29) is 24.0 Å². The second kappa shape index (κ2) is 7.76. The number of aromatic nitrogens is 4. The highest BCUT2D eigenvalue weighted by Crippen LogP contribution is 2.44. The monoisotopic (exact) mass is 445 g/mol. The Kier molecular flexibility index (Phi) is 4.90. The fraction of sp³-hybridized carbons (Fsp3) is 0.167. The van der Waals surface area contributed by atoms with Crippen molar-refractivity contribution >= 4 is 23.3 Å². The Morgan fingerprint density at radius 2 is 1.78 bits per heavy atom. The van der Waals surface area contributed by atoms with Gasteiger partial charge in [-0.2, -0.15) is 9.78 Å². The van der Waals surface area contributed by atoms with E-state index in [1.807, 2.05) is 38.1 Å². The normalized spacial score (nSPS) is 15.3. The summed E-state index contributed by atoms with van der Waals surface area (Å²) in [5.41, 5.74) is 4.84. The molecule has 1 amide bonds. The van der Waals surface area contributed by atoms with Crippen LogP contribution in [0.3, 0.4) is 0 Å². The first-order chi connectivity index (χ1) is 15.4. The third-order valence-corrected chi connectivity index (χ3v) is 5.72. The lowest BCUT2D eigenvalue weighted by atomic mass is 9.84. The van der Waals surface area contributed by atoms with Crippen molar-refractivity contribution < 1.29 is 9.90 Å². The molecule has 2 N–H and O–H groups in total. The maximum Gasteiger partial charge on any atom is 0.252 e. The average molecular weight is 446 g/mol. The van der Waals surface area contributed by atoms with Gasteiger partial charge in [0.15, 0.2) is 0 Å². The first kappa shape index (κ1) is 20.2. The smallest absolute Gasteiger partial charge is 0.252 e. The van der Waals surface area contributed by atoms with Crippen LogP contribution in [0.25, 0.3) is 17.2 Å². The highest BCUT2D eigenvalue weighted by molar-refractivity contribution is 6.30. The van der Waals surface area contributed by atoms with Crippen LogP contribution in [0.15, 0.2) is 54.6 Å². The first-order valence-corrected chi connectivity index (χ1v) is 10.6. The molecule has 0 spiro atoms. The van der Waals surface area contributed by atoms with Gasteiger partial charge in [-0.1, -0.05) is 35.9 Å². The second-order valence-corrected chi connectivity index (χ2v) is 8.32. The maximum atomic E-state index is 12.7. The molecule has 160 valence electrons. The van der Waals surface area contributed by atoms with Gasteiger partial charge >= 0.3 is 0 Å². The Balaban J connectivity index is 1.79.